The summed E-state index contributed by atoms with van der Waals surface area (Å²) >= 11 is 0. The van der Waals surface area contributed by atoms with Gasteiger partial charge in [-0.1, -0.05) is 0 Å². The number of nitro benzene ring substituents is 1. The predicted octanol–water partition coefficient (Wildman–Crippen LogP) is 2.30. The number of hydrogen-bond acceptors (Lipinski definition) is 5. The van der Waals surface area contributed by atoms with E-state index in [9.17, 15) is 14.9 Å². The number of hydrogen-bond donors (Lipinski definition) is 0. The van der Waals surface area contributed by atoms with Crippen molar-refractivity contribution < 1.29 is 14.5 Å². The topological polar surface area (TPSA) is 72.7 Å². The Hall–Kier alpha value is -2.11. The van der Waals surface area contributed by atoms with Crippen LogP contribution in [-0.2, 0) is 4.79 Å². The van der Waals surface area contributed by atoms with Gasteiger partial charge in [0.15, 0.2) is 0 Å². The van der Waals surface area contributed by atoms with Crippen molar-refractivity contribution in [3.8, 4) is 5.75 Å². The molecular weight excluding hydrogens is 260 g/mol. The lowest BCUT2D eigenvalue weighted by atomic mass is 10.00. The van der Waals surface area contributed by atoms with E-state index in [1.54, 1.807) is 19.2 Å². The lowest BCUT2D eigenvalue weighted by Gasteiger charge is -2.36. The number of carbonyl (C=O) groups is 1. The standard InChI is InChI=1S/C14H16N2O4/c1-20-14-5-4-11(16(18)19)8-13(14)15-9-2-3-10(15)7-12(17)6-9/h4-5,8-10H,2-3,6-7H2,1H3. The highest BCUT2D eigenvalue weighted by Gasteiger charge is 2.41. The Labute approximate surface area is 116 Å². The minimum Gasteiger partial charge on any atom is -0.495 e. The van der Waals surface area contributed by atoms with Gasteiger partial charge in [-0.3, -0.25) is 14.9 Å². The fourth-order valence-electron chi connectivity index (χ4n) is 3.36. The van der Waals surface area contributed by atoms with Crippen LogP contribution in [0, 0.1) is 10.1 Å². The number of Topliss-reactive ketones (excluding diaryl/α,β-unsaturated/α-hetero) is 1. The first-order valence-electron chi connectivity index (χ1n) is 6.72. The smallest absolute Gasteiger partial charge is 0.271 e. The maximum atomic E-state index is 11.7. The average Bonchev–Trinajstić information content (AvgIpc) is 2.69. The van der Waals surface area contributed by atoms with Crippen LogP contribution in [0.15, 0.2) is 18.2 Å². The summed E-state index contributed by atoms with van der Waals surface area (Å²) in [6.07, 6.45) is 2.98. The quantitative estimate of drug-likeness (QED) is 0.625. The second kappa shape index (κ2) is 4.77. The molecular formula is C14H16N2O4. The van der Waals surface area contributed by atoms with Gasteiger partial charge in [0.2, 0.25) is 0 Å². The lowest BCUT2D eigenvalue weighted by molar-refractivity contribution is -0.384. The second-order valence-corrected chi connectivity index (χ2v) is 5.35. The molecule has 0 N–H and O–H groups in total. The highest BCUT2D eigenvalue weighted by atomic mass is 16.6. The van der Waals surface area contributed by atoms with Gasteiger partial charge >= 0.3 is 0 Å². The maximum Gasteiger partial charge on any atom is 0.271 e. The van der Waals surface area contributed by atoms with Gasteiger partial charge in [-0.2, -0.15) is 0 Å². The molecule has 1 aromatic rings. The largest absolute Gasteiger partial charge is 0.495 e. The van der Waals surface area contributed by atoms with Crippen LogP contribution in [-0.4, -0.2) is 29.9 Å². The third-order valence-corrected chi connectivity index (χ3v) is 4.20. The lowest BCUT2D eigenvalue weighted by Crippen LogP contribution is -2.43. The van der Waals surface area contributed by atoms with E-state index in [1.165, 1.54) is 6.07 Å². The highest BCUT2D eigenvalue weighted by Crippen LogP contribution is 2.43. The number of anilines is 1. The van der Waals surface area contributed by atoms with Gasteiger partial charge in [-0.15, -0.1) is 0 Å². The molecule has 0 saturated carbocycles. The number of nitrogens with zero attached hydrogens (tertiary/aromatic N) is 2. The molecule has 6 nitrogen and oxygen atoms in total. The summed E-state index contributed by atoms with van der Waals surface area (Å²) in [6, 6.07) is 4.93. The molecule has 106 valence electrons. The molecule has 0 radical (unpaired) electrons. The summed E-state index contributed by atoms with van der Waals surface area (Å²) in [5.74, 6) is 0.917. The van der Waals surface area contributed by atoms with Gasteiger partial charge in [-0.25, -0.2) is 0 Å². The van der Waals surface area contributed by atoms with E-state index < -0.39 is 4.92 Å². The van der Waals surface area contributed by atoms with Crippen molar-refractivity contribution in [2.45, 2.75) is 37.8 Å². The Kier molecular flexibility index (Phi) is 3.08. The first kappa shape index (κ1) is 12.9. The molecule has 0 aliphatic carbocycles. The predicted molar refractivity (Wildman–Crippen MR) is 73.2 cm³/mol. The van der Waals surface area contributed by atoms with Crippen LogP contribution in [0.1, 0.15) is 25.7 Å². The van der Waals surface area contributed by atoms with Crippen LogP contribution in [0.5, 0.6) is 5.75 Å². The van der Waals surface area contributed by atoms with E-state index in [0.29, 0.717) is 18.6 Å². The first-order valence-corrected chi connectivity index (χ1v) is 6.72. The normalized spacial score (nSPS) is 24.9. The Morgan fingerprint density at radius 3 is 2.50 bits per heavy atom. The molecule has 2 aliphatic rings. The molecule has 3 rings (SSSR count). The van der Waals surface area contributed by atoms with Gasteiger partial charge in [0, 0.05) is 37.1 Å². The minimum atomic E-state index is -0.403. The van der Waals surface area contributed by atoms with Gasteiger partial charge in [0.05, 0.1) is 17.7 Å². The van der Waals surface area contributed by atoms with E-state index >= 15 is 0 Å². The number of carbonyl (C=O) groups excluding carboxylic acids is 1. The van der Waals surface area contributed by atoms with Crippen molar-refractivity contribution in [2.24, 2.45) is 0 Å². The van der Waals surface area contributed by atoms with Gasteiger partial charge in [0.1, 0.15) is 11.5 Å². The van der Waals surface area contributed by atoms with Crippen LogP contribution in [0.2, 0.25) is 0 Å². The molecule has 6 heteroatoms. The van der Waals surface area contributed by atoms with Gasteiger partial charge in [-0.05, 0) is 18.9 Å². The van der Waals surface area contributed by atoms with E-state index in [4.69, 9.17) is 4.74 Å². The van der Waals surface area contributed by atoms with Crippen LogP contribution in [0.25, 0.3) is 0 Å². The summed E-state index contributed by atoms with van der Waals surface area (Å²) in [5, 5.41) is 11.0. The van der Waals surface area contributed by atoms with Crippen molar-refractivity contribution in [3.63, 3.8) is 0 Å². The molecule has 1 aromatic carbocycles. The highest BCUT2D eigenvalue weighted by molar-refractivity contribution is 5.84. The first-order chi connectivity index (χ1) is 9.60. The summed E-state index contributed by atoms with van der Waals surface area (Å²) in [7, 11) is 1.56. The number of non-ortho nitro benzene ring substituents is 1. The summed E-state index contributed by atoms with van der Waals surface area (Å²) < 4.78 is 5.34. The number of benzene rings is 1. The van der Waals surface area contributed by atoms with Crippen LogP contribution in [0.4, 0.5) is 11.4 Å². The Bertz CT molecular complexity index is 556. The molecule has 2 unspecified atom stereocenters. The average molecular weight is 276 g/mol. The summed E-state index contributed by atoms with van der Waals surface area (Å²) in [5.41, 5.74) is 0.791. The molecule has 2 atom stereocenters. The zero-order valence-corrected chi connectivity index (χ0v) is 11.2. The Morgan fingerprint density at radius 2 is 1.95 bits per heavy atom. The minimum absolute atomic E-state index is 0.0529. The van der Waals surface area contributed by atoms with Crippen molar-refractivity contribution in [2.75, 3.05) is 12.0 Å². The molecule has 0 amide bonds. The van der Waals surface area contributed by atoms with Crippen LogP contribution < -0.4 is 9.64 Å². The van der Waals surface area contributed by atoms with Gasteiger partial charge in [0.25, 0.3) is 5.69 Å². The third-order valence-electron chi connectivity index (χ3n) is 4.20. The molecule has 2 aliphatic heterocycles. The Morgan fingerprint density at radius 1 is 1.30 bits per heavy atom. The molecule has 0 aromatic heterocycles. The van der Waals surface area contributed by atoms with Gasteiger partial charge < -0.3 is 9.64 Å². The summed E-state index contributed by atoms with van der Waals surface area (Å²) in [6.45, 7) is 0. The zero-order valence-electron chi connectivity index (χ0n) is 11.2. The molecule has 0 spiro atoms. The number of rotatable bonds is 3. The second-order valence-electron chi connectivity index (χ2n) is 5.35. The van der Waals surface area contributed by atoms with Crippen molar-refractivity contribution >= 4 is 17.2 Å². The van der Waals surface area contributed by atoms with E-state index in [-0.39, 0.29) is 23.6 Å². The maximum absolute atomic E-state index is 11.7. The summed E-state index contributed by atoms with van der Waals surface area (Å²) in [4.78, 5) is 24.4. The SMILES string of the molecule is COc1ccc([N+](=O)[O-])cc1N1C2CCC1CC(=O)C2. The molecule has 2 saturated heterocycles. The van der Waals surface area contributed by atoms with E-state index in [0.717, 1.165) is 18.5 Å². The molecule has 20 heavy (non-hydrogen) atoms. The van der Waals surface area contributed by atoms with E-state index in [2.05, 4.69) is 4.90 Å². The van der Waals surface area contributed by atoms with Crippen molar-refractivity contribution in [3.05, 3.63) is 28.3 Å². The number of piperidine rings is 1. The number of methoxy groups -OCH3 is 1. The number of fused-ring (bicyclic) bond motifs is 2. The monoisotopic (exact) mass is 276 g/mol. The fourth-order valence-corrected chi connectivity index (χ4v) is 3.36. The number of ketones is 1. The zero-order chi connectivity index (χ0) is 14.3. The molecule has 2 heterocycles. The Balaban J connectivity index is 2.02. The number of nitro groups is 1. The van der Waals surface area contributed by atoms with E-state index in [1.807, 2.05) is 0 Å². The van der Waals surface area contributed by atoms with Crippen molar-refractivity contribution in [1.82, 2.24) is 0 Å². The molecule has 2 fully saturated rings. The third kappa shape index (κ3) is 2.01. The molecule has 2 bridgehead atoms. The number of ether oxygens (including phenoxy) is 1. The van der Waals surface area contributed by atoms with Crippen molar-refractivity contribution in [1.29, 1.82) is 0 Å². The fraction of sp³-hybridized carbons (Fsp3) is 0.500. The van der Waals surface area contributed by atoms with Crippen LogP contribution >= 0.6 is 0 Å². The van der Waals surface area contributed by atoms with Crippen LogP contribution in [0.3, 0.4) is 0 Å².